The van der Waals surface area contributed by atoms with Crippen LogP contribution in [0.15, 0.2) is 0 Å². The van der Waals surface area contributed by atoms with E-state index >= 15 is 0 Å². The van der Waals surface area contributed by atoms with E-state index in [0.29, 0.717) is 12.1 Å². The molecule has 1 fully saturated rings. The number of ether oxygens (including phenoxy) is 1. The van der Waals surface area contributed by atoms with E-state index in [1.165, 1.54) is 6.42 Å². The molecule has 1 atom stereocenters. The Labute approximate surface area is 87.6 Å². The first kappa shape index (κ1) is 12.0. The topological polar surface area (TPSA) is 38.5 Å². The van der Waals surface area contributed by atoms with Gasteiger partial charge in [-0.1, -0.05) is 6.92 Å². The second-order valence-electron chi connectivity index (χ2n) is 4.56. The Morgan fingerprint density at radius 1 is 1.57 bits per heavy atom. The molecule has 0 radical (unpaired) electrons. The van der Waals surface area contributed by atoms with Gasteiger partial charge in [0.05, 0.1) is 6.10 Å². The molecule has 1 saturated carbocycles. The Morgan fingerprint density at radius 2 is 2.14 bits per heavy atom. The lowest BCUT2D eigenvalue weighted by Gasteiger charge is -2.54. The van der Waals surface area contributed by atoms with Gasteiger partial charge in [-0.25, -0.2) is 0 Å². The van der Waals surface area contributed by atoms with Crippen molar-refractivity contribution in [2.24, 2.45) is 5.73 Å². The van der Waals surface area contributed by atoms with E-state index in [1.807, 2.05) is 0 Å². The van der Waals surface area contributed by atoms with Gasteiger partial charge in [0.25, 0.3) is 0 Å². The Hall–Kier alpha value is -0.120. The van der Waals surface area contributed by atoms with Crippen molar-refractivity contribution in [2.75, 3.05) is 20.7 Å². The van der Waals surface area contributed by atoms with Crippen LogP contribution in [0, 0.1) is 0 Å². The molecule has 1 unspecified atom stereocenters. The van der Waals surface area contributed by atoms with E-state index in [4.69, 9.17) is 10.5 Å². The molecule has 0 aromatic rings. The van der Waals surface area contributed by atoms with Crippen LogP contribution in [0.4, 0.5) is 0 Å². The summed E-state index contributed by atoms with van der Waals surface area (Å²) in [4.78, 5) is 2.43. The summed E-state index contributed by atoms with van der Waals surface area (Å²) >= 11 is 0. The zero-order valence-corrected chi connectivity index (χ0v) is 9.92. The number of nitrogens with two attached hydrogens (primary N) is 1. The fourth-order valence-electron chi connectivity index (χ4n) is 2.29. The number of hydrogen-bond acceptors (Lipinski definition) is 3. The minimum absolute atomic E-state index is 0.204. The first-order chi connectivity index (χ1) is 6.59. The van der Waals surface area contributed by atoms with Gasteiger partial charge in [0.2, 0.25) is 0 Å². The molecular formula is C11H24N2O. The monoisotopic (exact) mass is 200 g/mol. The van der Waals surface area contributed by atoms with Crippen LogP contribution in [0.3, 0.4) is 0 Å². The molecule has 2 N–H and O–H groups in total. The van der Waals surface area contributed by atoms with Crippen molar-refractivity contribution in [3.8, 4) is 0 Å². The zero-order chi connectivity index (χ0) is 10.8. The van der Waals surface area contributed by atoms with Crippen molar-refractivity contribution in [2.45, 2.75) is 50.8 Å². The molecule has 1 aliphatic carbocycles. The largest absolute Gasteiger partial charge is 0.381 e. The van der Waals surface area contributed by atoms with Gasteiger partial charge in [0.15, 0.2) is 0 Å². The van der Waals surface area contributed by atoms with Crippen LogP contribution >= 0.6 is 0 Å². The third kappa shape index (κ3) is 1.95. The Kier molecular flexibility index (Phi) is 3.93. The van der Waals surface area contributed by atoms with Crippen molar-refractivity contribution >= 4 is 0 Å². The minimum Gasteiger partial charge on any atom is -0.381 e. The Balaban J connectivity index is 2.55. The summed E-state index contributed by atoms with van der Waals surface area (Å²) in [5, 5.41) is 0. The standard InChI is InChI=1S/C11H24N2O/c1-5-9(2)13(3)11(8-12)6-10(7-11)14-4/h9-10H,5-8,12H2,1-4H3. The van der Waals surface area contributed by atoms with Crippen LogP contribution in [-0.4, -0.2) is 43.3 Å². The molecule has 0 heterocycles. The highest BCUT2D eigenvalue weighted by Gasteiger charge is 2.47. The maximum atomic E-state index is 5.88. The summed E-state index contributed by atoms with van der Waals surface area (Å²) < 4.78 is 5.32. The van der Waals surface area contributed by atoms with Crippen LogP contribution in [0.25, 0.3) is 0 Å². The number of nitrogens with zero attached hydrogens (tertiary/aromatic N) is 1. The van der Waals surface area contributed by atoms with Gasteiger partial charge in [-0.05, 0) is 33.2 Å². The second kappa shape index (κ2) is 4.60. The predicted octanol–water partition coefficient (Wildman–Crippen LogP) is 1.22. The van der Waals surface area contributed by atoms with Crippen LogP contribution in [0.5, 0.6) is 0 Å². The van der Waals surface area contributed by atoms with Crippen molar-refractivity contribution in [1.82, 2.24) is 4.90 Å². The summed E-state index contributed by atoms with van der Waals surface area (Å²) in [5.41, 5.74) is 6.09. The number of likely N-dealkylation sites (N-methyl/N-ethyl adjacent to an activating group) is 1. The van der Waals surface area contributed by atoms with E-state index < -0.39 is 0 Å². The van der Waals surface area contributed by atoms with E-state index in [1.54, 1.807) is 7.11 Å². The Bertz CT molecular complexity index is 178. The number of hydrogen-bond donors (Lipinski definition) is 1. The lowest BCUT2D eigenvalue weighted by Crippen LogP contribution is -2.64. The summed E-state index contributed by atoms with van der Waals surface area (Å²) in [6.07, 6.45) is 3.77. The summed E-state index contributed by atoms with van der Waals surface area (Å²) in [6.45, 7) is 5.23. The highest BCUT2D eigenvalue weighted by atomic mass is 16.5. The third-order valence-corrected chi connectivity index (χ3v) is 3.93. The molecule has 0 aromatic heterocycles. The summed E-state index contributed by atoms with van der Waals surface area (Å²) in [5.74, 6) is 0. The smallest absolute Gasteiger partial charge is 0.0607 e. The first-order valence-electron chi connectivity index (χ1n) is 5.55. The molecule has 3 nitrogen and oxygen atoms in total. The highest BCUT2D eigenvalue weighted by Crippen LogP contribution is 2.39. The van der Waals surface area contributed by atoms with Crippen molar-refractivity contribution in [1.29, 1.82) is 0 Å². The molecule has 84 valence electrons. The van der Waals surface area contributed by atoms with Crippen molar-refractivity contribution < 1.29 is 4.74 Å². The van der Waals surface area contributed by atoms with Gasteiger partial charge < -0.3 is 10.5 Å². The van der Waals surface area contributed by atoms with E-state index in [0.717, 1.165) is 19.4 Å². The molecule has 14 heavy (non-hydrogen) atoms. The summed E-state index contributed by atoms with van der Waals surface area (Å²) in [7, 11) is 3.97. The van der Waals surface area contributed by atoms with Crippen molar-refractivity contribution in [3.05, 3.63) is 0 Å². The average Bonchev–Trinajstić information content (AvgIpc) is 2.16. The molecule has 0 bridgehead atoms. The average molecular weight is 200 g/mol. The first-order valence-corrected chi connectivity index (χ1v) is 5.55. The molecule has 3 heteroatoms. The summed E-state index contributed by atoms with van der Waals surface area (Å²) in [6, 6.07) is 0.608. The van der Waals surface area contributed by atoms with Crippen LogP contribution < -0.4 is 5.73 Å². The fourth-order valence-corrected chi connectivity index (χ4v) is 2.29. The molecule has 0 spiro atoms. The lowest BCUT2D eigenvalue weighted by atomic mass is 9.72. The van der Waals surface area contributed by atoms with Crippen LogP contribution in [0.2, 0.25) is 0 Å². The van der Waals surface area contributed by atoms with Gasteiger partial charge >= 0.3 is 0 Å². The molecule has 0 aromatic carbocycles. The van der Waals surface area contributed by atoms with E-state index in [9.17, 15) is 0 Å². The van der Waals surface area contributed by atoms with Gasteiger partial charge in [-0.2, -0.15) is 0 Å². The molecular weight excluding hydrogens is 176 g/mol. The molecule has 0 saturated heterocycles. The molecule has 0 amide bonds. The highest BCUT2D eigenvalue weighted by molar-refractivity contribution is 5.04. The SMILES string of the molecule is CCC(C)N(C)C1(CN)CC(OC)C1. The molecule has 1 aliphatic rings. The quantitative estimate of drug-likeness (QED) is 0.725. The van der Waals surface area contributed by atoms with E-state index in [2.05, 4.69) is 25.8 Å². The zero-order valence-electron chi connectivity index (χ0n) is 9.92. The van der Waals surface area contributed by atoms with E-state index in [-0.39, 0.29) is 5.54 Å². The van der Waals surface area contributed by atoms with Crippen LogP contribution in [-0.2, 0) is 4.74 Å². The van der Waals surface area contributed by atoms with Gasteiger partial charge in [-0.3, -0.25) is 4.90 Å². The number of methoxy groups -OCH3 is 1. The van der Waals surface area contributed by atoms with Gasteiger partial charge in [-0.15, -0.1) is 0 Å². The van der Waals surface area contributed by atoms with Crippen molar-refractivity contribution in [3.63, 3.8) is 0 Å². The maximum Gasteiger partial charge on any atom is 0.0607 e. The predicted molar refractivity (Wildman–Crippen MR) is 59.3 cm³/mol. The second-order valence-corrected chi connectivity index (χ2v) is 4.56. The van der Waals surface area contributed by atoms with Gasteiger partial charge in [0.1, 0.15) is 0 Å². The minimum atomic E-state index is 0.204. The molecule has 1 rings (SSSR count). The number of rotatable bonds is 5. The lowest BCUT2D eigenvalue weighted by molar-refractivity contribution is -0.0900. The van der Waals surface area contributed by atoms with Gasteiger partial charge in [0, 0.05) is 25.2 Å². The normalized spacial score (nSPS) is 34.3. The maximum absolute atomic E-state index is 5.88. The Morgan fingerprint density at radius 3 is 2.50 bits per heavy atom. The third-order valence-electron chi connectivity index (χ3n) is 3.93. The molecule has 0 aliphatic heterocycles. The fraction of sp³-hybridized carbons (Fsp3) is 1.00. The van der Waals surface area contributed by atoms with Crippen LogP contribution in [0.1, 0.15) is 33.1 Å².